The van der Waals surface area contributed by atoms with Crippen LogP contribution in [0.15, 0.2) is 15.8 Å². The summed E-state index contributed by atoms with van der Waals surface area (Å²) in [6.45, 7) is 0. The molecule has 1 heterocycles. The van der Waals surface area contributed by atoms with Gasteiger partial charge < -0.3 is 10.1 Å². The highest BCUT2D eigenvalue weighted by molar-refractivity contribution is 5.76. The molecule has 1 aliphatic rings. The summed E-state index contributed by atoms with van der Waals surface area (Å²) in [7, 11) is 1.61. The molecule has 0 bridgehead atoms. The molecular weight excluding hydrogens is 269 g/mol. The minimum Gasteiger partial charge on any atom is -0.381 e. The van der Waals surface area contributed by atoms with Crippen LogP contribution < -0.4 is 16.6 Å². The number of amides is 1. The number of methoxy groups -OCH3 is 1. The van der Waals surface area contributed by atoms with Gasteiger partial charge in [-0.25, -0.2) is 14.2 Å². The Morgan fingerprint density at radius 2 is 2.25 bits per heavy atom. The number of halogens is 1. The first kappa shape index (κ1) is 14.4. The molecule has 8 heteroatoms. The van der Waals surface area contributed by atoms with Crippen LogP contribution in [0.4, 0.5) is 9.18 Å². The number of H-pyrrole nitrogens is 1. The molecule has 1 aromatic rings. The molecule has 7 nitrogen and oxygen atoms in total. The van der Waals surface area contributed by atoms with Gasteiger partial charge >= 0.3 is 11.7 Å². The van der Waals surface area contributed by atoms with E-state index in [1.165, 1.54) is 0 Å². The molecule has 0 aromatic carbocycles. The molecule has 1 aromatic heterocycles. The summed E-state index contributed by atoms with van der Waals surface area (Å²) in [4.78, 5) is 36.0. The number of aromatic amines is 1. The molecule has 20 heavy (non-hydrogen) atoms. The fourth-order valence-corrected chi connectivity index (χ4v) is 2.33. The zero-order valence-electron chi connectivity index (χ0n) is 11.0. The average Bonchev–Trinajstić information content (AvgIpc) is 2.43. The Labute approximate surface area is 113 Å². The number of carbonyl (C=O) groups is 1. The summed E-state index contributed by atoms with van der Waals surface area (Å²) in [6, 6.07) is -0.894. The van der Waals surface area contributed by atoms with Crippen LogP contribution in [0.25, 0.3) is 0 Å². The van der Waals surface area contributed by atoms with E-state index >= 15 is 0 Å². The second kappa shape index (κ2) is 6.00. The average molecular weight is 285 g/mol. The molecule has 110 valence electrons. The quantitative estimate of drug-likeness (QED) is 0.811. The minimum absolute atomic E-state index is 0.0677. The van der Waals surface area contributed by atoms with E-state index in [1.54, 1.807) is 12.1 Å². The second-order valence-corrected chi connectivity index (χ2v) is 4.78. The van der Waals surface area contributed by atoms with Gasteiger partial charge in [0.05, 0.1) is 12.3 Å². The first-order chi connectivity index (χ1) is 9.51. The van der Waals surface area contributed by atoms with Crippen LogP contribution >= 0.6 is 0 Å². The first-order valence-electron chi connectivity index (χ1n) is 6.36. The van der Waals surface area contributed by atoms with Crippen molar-refractivity contribution in [3.05, 3.63) is 32.9 Å². The lowest BCUT2D eigenvalue weighted by molar-refractivity contribution is 0.0604. The van der Waals surface area contributed by atoms with E-state index in [4.69, 9.17) is 4.74 Å². The van der Waals surface area contributed by atoms with Gasteiger partial charge in [0.1, 0.15) is 0 Å². The lowest BCUT2D eigenvalue weighted by Crippen LogP contribution is -2.46. The Balaban J connectivity index is 2.10. The van der Waals surface area contributed by atoms with Crippen LogP contribution in [0.1, 0.15) is 25.7 Å². The summed E-state index contributed by atoms with van der Waals surface area (Å²) < 4.78 is 18.9. The second-order valence-electron chi connectivity index (χ2n) is 4.78. The normalized spacial score (nSPS) is 22.5. The van der Waals surface area contributed by atoms with Gasteiger partial charge in [-0.1, -0.05) is 0 Å². The minimum atomic E-state index is -1.18. The van der Waals surface area contributed by atoms with Crippen LogP contribution in [-0.2, 0) is 4.74 Å². The van der Waals surface area contributed by atoms with Gasteiger partial charge in [0.2, 0.25) is 5.82 Å². The van der Waals surface area contributed by atoms with Gasteiger partial charge in [-0.2, -0.15) is 4.39 Å². The van der Waals surface area contributed by atoms with Crippen molar-refractivity contribution in [2.45, 2.75) is 37.8 Å². The van der Waals surface area contributed by atoms with Crippen molar-refractivity contribution in [3.8, 4) is 0 Å². The molecule has 2 N–H and O–H groups in total. The molecule has 2 unspecified atom stereocenters. The maximum Gasteiger partial charge on any atom is 0.336 e. The Kier molecular flexibility index (Phi) is 4.33. The molecule has 2 atom stereocenters. The van der Waals surface area contributed by atoms with E-state index in [0.29, 0.717) is 17.2 Å². The largest absolute Gasteiger partial charge is 0.381 e. The molecular formula is C12H16FN3O4. The van der Waals surface area contributed by atoms with Crippen molar-refractivity contribution in [1.82, 2.24) is 14.9 Å². The summed E-state index contributed by atoms with van der Waals surface area (Å²) in [5, 5.41) is 2.64. The van der Waals surface area contributed by atoms with Gasteiger partial charge in [-0.3, -0.25) is 9.78 Å². The summed E-state index contributed by atoms with van der Waals surface area (Å²) >= 11 is 0. The Morgan fingerprint density at radius 1 is 1.50 bits per heavy atom. The zero-order chi connectivity index (χ0) is 14.7. The van der Waals surface area contributed by atoms with E-state index in [-0.39, 0.29) is 12.1 Å². The van der Waals surface area contributed by atoms with Gasteiger partial charge in [0, 0.05) is 13.2 Å². The molecule has 0 aliphatic heterocycles. The van der Waals surface area contributed by atoms with Crippen molar-refractivity contribution in [1.29, 1.82) is 0 Å². The van der Waals surface area contributed by atoms with Gasteiger partial charge in [0.15, 0.2) is 0 Å². The van der Waals surface area contributed by atoms with Crippen molar-refractivity contribution < 1.29 is 13.9 Å². The summed E-state index contributed by atoms with van der Waals surface area (Å²) in [5.74, 6) is -1.18. The summed E-state index contributed by atoms with van der Waals surface area (Å²) in [5.41, 5.74) is -2.11. The molecule has 1 amide bonds. The fraction of sp³-hybridized carbons (Fsp3) is 0.583. The Morgan fingerprint density at radius 3 is 2.95 bits per heavy atom. The van der Waals surface area contributed by atoms with Gasteiger partial charge in [-0.05, 0) is 25.7 Å². The first-order valence-corrected chi connectivity index (χ1v) is 6.36. The van der Waals surface area contributed by atoms with Crippen molar-refractivity contribution in [2.75, 3.05) is 7.11 Å². The number of aromatic nitrogens is 2. The van der Waals surface area contributed by atoms with E-state index < -0.39 is 23.1 Å². The van der Waals surface area contributed by atoms with Gasteiger partial charge in [-0.15, -0.1) is 0 Å². The van der Waals surface area contributed by atoms with Crippen molar-refractivity contribution in [3.63, 3.8) is 0 Å². The highest BCUT2D eigenvalue weighted by Gasteiger charge is 2.24. The van der Waals surface area contributed by atoms with Crippen LogP contribution in [0.5, 0.6) is 0 Å². The summed E-state index contributed by atoms with van der Waals surface area (Å²) in [6.07, 6.45) is 3.90. The zero-order valence-corrected chi connectivity index (χ0v) is 11.0. The topological polar surface area (TPSA) is 93.2 Å². The van der Waals surface area contributed by atoms with Gasteiger partial charge in [0.25, 0.3) is 5.56 Å². The third kappa shape index (κ3) is 3.13. The number of ether oxygens (including phenoxy) is 1. The molecule has 1 saturated carbocycles. The molecule has 0 spiro atoms. The highest BCUT2D eigenvalue weighted by Crippen LogP contribution is 2.20. The molecule has 1 aliphatic carbocycles. The van der Waals surface area contributed by atoms with E-state index in [2.05, 4.69) is 5.32 Å². The smallest absolute Gasteiger partial charge is 0.336 e. The molecule has 0 radical (unpaired) electrons. The lowest BCUT2D eigenvalue weighted by atomic mass is 9.93. The van der Waals surface area contributed by atoms with Crippen molar-refractivity contribution >= 4 is 6.03 Å². The maximum absolute atomic E-state index is 13.1. The van der Waals surface area contributed by atoms with Crippen LogP contribution in [0.3, 0.4) is 0 Å². The van der Waals surface area contributed by atoms with Crippen LogP contribution in [-0.4, -0.2) is 34.8 Å². The fourth-order valence-electron chi connectivity index (χ4n) is 2.33. The Bertz CT molecular complexity index is 609. The van der Waals surface area contributed by atoms with E-state index in [9.17, 15) is 18.8 Å². The predicted octanol–water partition coefficient (Wildman–Crippen LogP) is 0.191. The Hall–Kier alpha value is -1.96. The molecule has 0 saturated heterocycles. The van der Waals surface area contributed by atoms with E-state index in [0.717, 1.165) is 19.3 Å². The standard InChI is InChI=1S/C12H16FN3O4/c1-20-8-4-2-3-7(5-8)14-11(18)16-6-9(13)10(17)15-12(16)19/h6-8H,2-5H2,1H3,(H,14,18)(H,15,17,19). The molecule has 1 fully saturated rings. The SMILES string of the molecule is COC1CCCC(NC(=O)n2cc(F)c(=O)[nH]c2=O)C1. The monoisotopic (exact) mass is 285 g/mol. The van der Waals surface area contributed by atoms with Crippen LogP contribution in [0, 0.1) is 5.82 Å². The van der Waals surface area contributed by atoms with Crippen LogP contribution in [0.2, 0.25) is 0 Å². The number of hydrogen-bond acceptors (Lipinski definition) is 4. The van der Waals surface area contributed by atoms with Crippen molar-refractivity contribution in [2.24, 2.45) is 0 Å². The molecule has 2 rings (SSSR count). The van der Waals surface area contributed by atoms with E-state index in [1.807, 2.05) is 0 Å². The number of nitrogens with zero attached hydrogens (tertiary/aromatic N) is 1. The number of hydrogen-bond donors (Lipinski definition) is 2. The maximum atomic E-state index is 13.1. The third-order valence-corrected chi connectivity index (χ3v) is 3.40. The third-order valence-electron chi connectivity index (χ3n) is 3.40. The number of carbonyl (C=O) groups excluding carboxylic acids is 1. The predicted molar refractivity (Wildman–Crippen MR) is 68.3 cm³/mol. The number of nitrogens with one attached hydrogen (secondary N) is 2. The highest BCUT2D eigenvalue weighted by atomic mass is 19.1. The number of rotatable bonds is 2. The lowest BCUT2D eigenvalue weighted by Gasteiger charge is -2.28.